The van der Waals surface area contributed by atoms with Gasteiger partial charge >= 0.3 is 6.61 Å². The van der Waals surface area contributed by atoms with Gasteiger partial charge in [-0.2, -0.15) is 8.78 Å². The van der Waals surface area contributed by atoms with E-state index in [1.165, 1.54) is 24.3 Å². The second-order valence-corrected chi connectivity index (χ2v) is 4.74. The first-order valence-electron chi connectivity index (χ1n) is 6.22. The molecule has 4 nitrogen and oxygen atoms in total. The fourth-order valence-electron chi connectivity index (χ4n) is 1.71. The number of carbonyl (C=O) groups is 1. The molecule has 0 heterocycles. The first-order valence-corrected chi connectivity index (χ1v) is 6.62. The highest BCUT2D eigenvalue weighted by Gasteiger charge is 2.08. The van der Waals surface area contributed by atoms with Crippen molar-refractivity contribution in [3.8, 4) is 5.75 Å². The number of hydrogen-bond acceptors (Lipinski definition) is 3. The van der Waals surface area contributed by atoms with Crippen LogP contribution in [0.3, 0.4) is 0 Å². The number of halogens is 2. The Bertz CT molecular complexity index is 673. The number of ether oxygens (including phenoxy) is 1. The largest absolute Gasteiger partial charge is 0.435 e. The zero-order chi connectivity index (χ0) is 16.1. The summed E-state index contributed by atoms with van der Waals surface area (Å²) < 4.78 is 28.3. The van der Waals surface area contributed by atoms with Gasteiger partial charge in [0, 0.05) is 16.8 Å². The number of thiocarbonyl (C=S) groups is 1. The lowest BCUT2D eigenvalue weighted by Gasteiger charge is -2.08. The SMILES string of the molecule is NC(=S)c1ccc(C(=O)Nc2ccc(OC(F)F)cc2)cc1. The number of benzene rings is 2. The fraction of sp³-hybridized carbons (Fsp3) is 0.0667. The third-order valence-corrected chi connectivity index (χ3v) is 3.00. The third kappa shape index (κ3) is 4.23. The zero-order valence-electron chi connectivity index (χ0n) is 11.3. The van der Waals surface area contributed by atoms with Crippen molar-refractivity contribution in [2.45, 2.75) is 6.61 Å². The molecule has 0 spiro atoms. The van der Waals surface area contributed by atoms with E-state index in [1.54, 1.807) is 24.3 Å². The van der Waals surface area contributed by atoms with E-state index in [9.17, 15) is 13.6 Å². The summed E-state index contributed by atoms with van der Waals surface area (Å²) in [6, 6.07) is 12.1. The highest BCUT2D eigenvalue weighted by atomic mass is 32.1. The van der Waals surface area contributed by atoms with E-state index in [2.05, 4.69) is 10.1 Å². The number of carbonyl (C=O) groups excluding carboxylic acids is 1. The number of hydrogen-bond donors (Lipinski definition) is 2. The number of nitrogens with one attached hydrogen (secondary N) is 1. The monoisotopic (exact) mass is 322 g/mol. The molecule has 1 amide bonds. The van der Waals surface area contributed by atoms with Gasteiger partial charge in [0.05, 0.1) is 0 Å². The number of anilines is 1. The van der Waals surface area contributed by atoms with Crippen LogP contribution in [-0.4, -0.2) is 17.5 Å². The smallest absolute Gasteiger partial charge is 0.387 e. The van der Waals surface area contributed by atoms with Crippen molar-refractivity contribution >= 4 is 28.8 Å². The van der Waals surface area contributed by atoms with Gasteiger partial charge in [-0.15, -0.1) is 0 Å². The maximum absolute atomic E-state index is 12.0. The van der Waals surface area contributed by atoms with Gasteiger partial charge in [0.15, 0.2) is 0 Å². The van der Waals surface area contributed by atoms with E-state index >= 15 is 0 Å². The summed E-state index contributed by atoms with van der Waals surface area (Å²) in [5.41, 5.74) is 7.03. The molecule has 7 heteroatoms. The minimum absolute atomic E-state index is 0.0220. The van der Waals surface area contributed by atoms with Crippen LogP contribution in [0.1, 0.15) is 15.9 Å². The molecule has 22 heavy (non-hydrogen) atoms. The fourth-order valence-corrected chi connectivity index (χ4v) is 1.84. The van der Waals surface area contributed by atoms with Gasteiger partial charge < -0.3 is 15.8 Å². The maximum atomic E-state index is 12.0. The molecule has 3 N–H and O–H groups in total. The van der Waals surface area contributed by atoms with Crippen molar-refractivity contribution < 1.29 is 18.3 Å². The van der Waals surface area contributed by atoms with Crippen molar-refractivity contribution in [1.82, 2.24) is 0 Å². The van der Waals surface area contributed by atoms with Crippen LogP contribution in [0.5, 0.6) is 5.75 Å². The zero-order valence-corrected chi connectivity index (χ0v) is 12.1. The van der Waals surface area contributed by atoms with Crippen LogP contribution in [0, 0.1) is 0 Å². The van der Waals surface area contributed by atoms with E-state index in [0.29, 0.717) is 16.8 Å². The molecule has 0 aliphatic carbocycles. The van der Waals surface area contributed by atoms with E-state index < -0.39 is 6.61 Å². The minimum atomic E-state index is -2.88. The molecule has 0 aromatic heterocycles. The summed E-state index contributed by atoms with van der Waals surface area (Å²) in [6.07, 6.45) is 0. The van der Waals surface area contributed by atoms with Gasteiger partial charge in [0.2, 0.25) is 0 Å². The van der Waals surface area contributed by atoms with Gasteiger partial charge in [-0.25, -0.2) is 0 Å². The van der Waals surface area contributed by atoms with Crippen LogP contribution in [-0.2, 0) is 0 Å². The molecule has 0 fully saturated rings. The van der Waals surface area contributed by atoms with Crippen LogP contribution in [0.2, 0.25) is 0 Å². The molecule has 0 aliphatic rings. The van der Waals surface area contributed by atoms with Gasteiger partial charge in [0.25, 0.3) is 5.91 Å². The number of rotatable bonds is 5. The molecule has 0 radical (unpaired) electrons. The second kappa shape index (κ2) is 6.95. The van der Waals surface area contributed by atoms with E-state index in [1.807, 2.05) is 0 Å². The van der Waals surface area contributed by atoms with Crippen molar-refractivity contribution in [3.63, 3.8) is 0 Å². The Morgan fingerprint density at radius 1 is 1.05 bits per heavy atom. The average Bonchev–Trinajstić information content (AvgIpc) is 2.49. The predicted molar refractivity (Wildman–Crippen MR) is 83.4 cm³/mol. The lowest BCUT2D eigenvalue weighted by Crippen LogP contribution is -2.13. The number of alkyl halides is 2. The molecular weight excluding hydrogens is 310 g/mol. The molecule has 0 saturated carbocycles. The third-order valence-electron chi connectivity index (χ3n) is 2.77. The molecule has 2 aromatic rings. The summed E-state index contributed by atoms with van der Waals surface area (Å²) in [5, 5.41) is 2.64. The maximum Gasteiger partial charge on any atom is 0.387 e. The molecule has 114 valence electrons. The Kier molecular flexibility index (Phi) is 5.00. The molecule has 2 aromatic carbocycles. The van der Waals surface area contributed by atoms with Crippen LogP contribution in [0.15, 0.2) is 48.5 Å². The minimum Gasteiger partial charge on any atom is -0.435 e. The highest BCUT2D eigenvalue weighted by molar-refractivity contribution is 7.80. The van der Waals surface area contributed by atoms with Gasteiger partial charge in [0.1, 0.15) is 10.7 Å². The van der Waals surface area contributed by atoms with E-state index in [-0.39, 0.29) is 16.6 Å². The highest BCUT2D eigenvalue weighted by Crippen LogP contribution is 2.18. The van der Waals surface area contributed by atoms with Crippen molar-refractivity contribution in [1.29, 1.82) is 0 Å². The summed E-state index contributed by atoms with van der Waals surface area (Å²) in [4.78, 5) is 12.3. The normalized spacial score (nSPS) is 10.3. The Labute approximate surface area is 130 Å². The first kappa shape index (κ1) is 15.8. The Hall–Kier alpha value is -2.54. The Morgan fingerprint density at radius 3 is 2.09 bits per heavy atom. The van der Waals surface area contributed by atoms with Crippen LogP contribution < -0.4 is 15.8 Å². The van der Waals surface area contributed by atoms with Crippen molar-refractivity contribution in [2.24, 2.45) is 5.73 Å². The van der Waals surface area contributed by atoms with E-state index in [4.69, 9.17) is 18.0 Å². The number of amides is 1. The summed E-state index contributed by atoms with van der Waals surface area (Å²) in [5.74, 6) is -0.314. The van der Waals surface area contributed by atoms with Gasteiger partial charge in [-0.05, 0) is 36.4 Å². The molecular formula is C15H12F2N2O2S. The summed E-state index contributed by atoms with van der Waals surface area (Å²) in [7, 11) is 0. The lowest BCUT2D eigenvalue weighted by atomic mass is 10.1. The molecule has 0 saturated heterocycles. The molecule has 0 bridgehead atoms. The van der Waals surface area contributed by atoms with Crippen LogP contribution in [0.25, 0.3) is 0 Å². The Balaban J connectivity index is 2.03. The van der Waals surface area contributed by atoms with Crippen molar-refractivity contribution in [2.75, 3.05) is 5.32 Å². The lowest BCUT2D eigenvalue weighted by molar-refractivity contribution is -0.0498. The van der Waals surface area contributed by atoms with Crippen LogP contribution >= 0.6 is 12.2 Å². The quantitative estimate of drug-likeness (QED) is 0.830. The topological polar surface area (TPSA) is 64.4 Å². The molecule has 0 aliphatic heterocycles. The van der Waals surface area contributed by atoms with Gasteiger partial charge in [-0.3, -0.25) is 4.79 Å². The standard InChI is InChI=1S/C15H12F2N2O2S/c16-15(17)21-12-7-5-11(6-8-12)19-14(20)10-3-1-9(2-4-10)13(18)22/h1-8,15H,(H2,18,22)(H,19,20). The Morgan fingerprint density at radius 2 is 1.59 bits per heavy atom. The molecule has 2 rings (SSSR count). The first-order chi connectivity index (χ1) is 10.5. The summed E-state index contributed by atoms with van der Waals surface area (Å²) >= 11 is 4.83. The average molecular weight is 322 g/mol. The molecule has 0 atom stereocenters. The molecule has 0 unspecified atom stereocenters. The van der Waals surface area contributed by atoms with Crippen molar-refractivity contribution in [3.05, 3.63) is 59.7 Å². The number of nitrogens with two attached hydrogens (primary N) is 1. The predicted octanol–water partition coefficient (Wildman–Crippen LogP) is 3.17. The van der Waals surface area contributed by atoms with Crippen LogP contribution in [0.4, 0.5) is 14.5 Å². The summed E-state index contributed by atoms with van der Waals surface area (Å²) in [6.45, 7) is -2.88. The van der Waals surface area contributed by atoms with E-state index in [0.717, 1.165) is 0 Å². The second-order valence-electron chi connectivity index (χ2n) is 4.30. The van der Waals surface area contributed by atoms with Gasteiger partial charge in [-0.1, -0.05) is 24.4 Å².